The molecule has 1 amide bonds. The number of rotatable bonds is 6. The van der Waals surface area contributed by atoms with E-state index in [9.17, 15) is 14.0 Å². The SMILES string of the molecule is COC(=O)c1c(NC(=O)C(C)Oc2ccc(Cl)cc2C)sc(C)c1-c1ccc(F)cc1. The Kier molecular flexibility index (Phi) is 6.97. The highest BCUT2D eigenvalue weighted by Crippen LogP contribution is 2.40. The fraction of sp³-hybridized carbons (Fsp3) is 0.217. The van der Waals surface area contributed by atoms with Gasteiger partial charge in [-0.1, -0.05) is 23.7 Å². The van der Waals surface area contributed by atoms with Crippen molar-refractivity contribution in [1.82, 2.24) is 0 Å². The summed E-state index contributed by atoms with van der Waals surface area (Å²) in [5.74, 6) is -0.865. The molecule has 3 aromatic rings. The van der Waals surface area contributed by atoms with Crippen molar-refractivity contribution in [3.05, 3.63) is 69.3 Å². The molecule has 0 fully saturated rings. The van der Waals surface area contributed by atoms with Crippen LogP contribution in [-0.2, 0) is 9.53 Å². The minimum absolute atomic E-state index is 0.222. The maximum absolute atomic E-state index is 13.4. The zero-order valence-electron chi connectivity index (χ0n) is 17.4. The molecule has 8 heteroatoms. The molecule has 5 nitrogen and oxygen atoms in total. The number of carbonyl (C=O) groups is 2. The van der Waals surface area contributed by atoms with Gasteiger partial charge in [-0.25, -0.2) is 9.18 Å². The fourth-order valence-electron chi connectivity index (χ4n) is 3.10. The number of methoxy groups -OCH3 is 1. The van der Waals surface area contributed by atoms with Gasteiger partial charge in [-0.05, 0) is 62.2 Å². The largest absolute Gasteiger partial charge is 0.481 e. The summed E-state index contributed by atoms with van der Waals surface area (Å²) in [6.07, 6.45) is -0.831. The summed E-state index contributed by atoms with van der Waals surface area (Å²) in [7, 11) is 1.27. The fourth-order valence-corrected chi connectivity index (χ4v) is 4.39. The van der Waals surface area contributed by atoms with Gasteiger partial charge in [0.25, 0.3) is 5.91 Å². The van der Waals surface area contributed by atoms with Crippen molar-refractivity contribution in [2.24, 2.45) is 0 Å². The Bertz CT molecular complexity index is 1130. The van der Waals surface area contributed by atoms with Crippen LogP contribution in [0, 0.1) is 19.7 Å². The van der Waals surface area contributed by atoms with Gasteiger partial charge in [0.15, 0.2) is 6.10 Å². The van der Waals surface area contributed by atoms with Gasteiger partial charge in [-0.15, -0.1) is 11.3 Å². The van der Waals surface area contributed by atoms with Gasteiger partial charge >= 0.3 is 5.97 Å². The third-order valence-corrected chi connectivity index (χ3v) is 5.91. The highest BCUT2D eigenvalue weighted by atomic mass is 35.5. The number of amides is 1. The number of aryl methyl sites for hydroxylation is 2. The minimum Gasteiger partial charge on any atom is -0.481 e. The molecule has 1 N–H and O–H groups in total. The monoisotopic (exact) mass is 461 g/mol. The number of hydrogen-bond acceptors (Lipinski definition) is 5. The Morgan fingerprint density at radius 3 is 2.42 bits per heavy atom. The van der Waals surface area contributed by atoms with Crippen LogP contribution in [0.3, 0.4) is 0 Å². The number of ether oxygens (including phenoxy) is 2. The molecule has 31 heavy (non-hydrogen) atoms. The third-order valence-electron chi connectivity index (χ3n) is 4.65. The Hall–Kier alpha value is -2.90. The zero-order valence-corrected chi connectivity index (χ0v) is 19.0. The summed E-state index contributed by atoms with van der Waals surface area (Å²) in [6.45, 7) is 5.27. The van der Waals surface area contributed by atoms with Gasteiger partial charge < -0.3 is 14.8 Å². The summed E-state index contributed by atoms with van der Waals surface area (Å²) in [4.78, 5) is 26.1. The average Bonchev–Trinajstić information content (AvgIpc) is 3.05. The van der Waals surface area contributed by atoms with Crippen LogP contribution in [0.25, 0.3) is 11.1 Å². The number of thiophene rings is 1. The maximum atomic E-state index is 13.4. The second-order valence-corrected chi connectivity index (χ2v) is 8.56. The summed E-state index contributed by atoms with van der Waals surface area (Å²) >= 11 is 7.20. The van der Waals surface area contributed by atoms with Crippen LogP contribution in [0.4, 0.5) is 9.39 Å². The van der Waals surface area contributed by atoms with Crippen molar-refractivity contribution in [3.8, 4) is 16.9 Å². The molecule has 1 aromatic heterocycles. The van der Waals surface area contributed by atoms with Crippen LogP contribution < -0.4 is 10.1 Å². The lowest BCUT2D eigenvalue weighted by atomic mass is 10.0. The number of carbonyl (C=O) groups excluding carboxylic acids is 2. The van der Waals surface area contributed by atoms with Gasteiger partial charge in [-0.3, -0.25) is 4.79 Å². The predicted molar refractivity (Wildman–Crippen MR) is 121 cm³/mol. The molecule has 0 aliphatic carbocycles. The Labute approximate surface area is 188 Å². The predicted octanol–water partition coefficient (Wildman–Crippen LogP) is 6.02. The van der Waals surface area contributed by atoms with Crippen molar-refractivity contribution < 1.29 is 23.5 Å². The smallest absolute Gasteiger partial charge is 0.341 e. The van der Waals surface area contributed by atoms with Crippen molar-refractivity contribution in [1.29, 1.82) is 0 Å². The molecule has 0 radical (unpaired) electrons. The van der Waals surface area contributed by atoms with Gasteiger partial charge in [0.05, 0.1) is 7.11 Å². The normalized spacial score (nSPS) is 11.7. The molecule has 0 aliphatic rings. The van der Waals surface area contributed by atoms with Crippen LogP contribution in [-0.4, -0.2) is 25.1 Å². The van der Waals surface area contributed by atoms with Crippen LogP contribution >= 0.6 is 22.9 Å². The lowest BCUT2D eigenvalue weighted by Gasteiger charge is -2.16. The number of benzene rings is 2. The van der Waals surface area contributed by atoms with Crippen LogP contribution in [0.1, 0.15) is 27.7 Å². The van der Waals surface area contributed by atoms with E-state index in [1.54, 1.807) is 37.3 Å². The molecule has 1 atom stereocenters. The van der Waals surface area contributed by atoms with Gasteiger partial charge in [0.1, 0.15) is 22.1 Å². The highest BCUT2D eigenvalue weighted by molar-refractivity contribution is 7.17. The molecule has 0 spiro atoms. The van der Waals surface area contributed by atoms with Gasteiger partial charge in [-0.2, -0.15) is 0 Å². The van der Waals surface area contributed by atoms with E-state index in [0.717, 1.165) is 10.4 Å². The summed E-state index contributed by atoms with van der Waals surface area (Å²) in [5.41, 5.74) is 2.26. The van der Waals surface area contributed by atoms with E-state index in [1.165, 1.54) is 30.6 Å². The first-order valence-electron chi connectivity index (χ1n) is 9.42. The number of hydrogen-bond donors (Lipinski definition) is 1. The highest BCUT2D eigenvalue weighted by Gasteiger charge is 2.27. The van der Waals surface area contributed by atoms with Crippen LogP contribution in [0.2, 0.25) is 5.02 Å². The van der Waals surface area contributed by atoms with E-state index >= 15 is 0 Å². The van der Waals surface area contributed by atoms with Crippen LogP contribution in [0.15, 0.2) is 42.5 Å². The minimum atomic E-state index is -0.831. The molecule has 2 aromatic carbocycles. The van der Waals surface area contributed by atoms with E-state index in [0.29, 0.717) is 26.9 Å². The first-order chi connectivity index (χ1) is 14.7. The van der Waals surface area contributed by atoms with E-state index in [4.69, 9.17) is 21.1 Å². The maximum Gasteiger partial charge on any atom is 0.341 e. The molecule has 1 heterocycles. The molecular weight excluding hydrogens is 441 g/mol. The summed E-state index contributed by atoms with van der Waals surface area (Å²) in [6, 6.07) is 10.9. The summed E-state index contributed by atoms with van der Waals surface area (Å²) in [5, 5.41) is 3.69. The Morgan fingerprint density at radius 1 is 1.13 bits per heavy atom. The van der Waals surface area contributed by atoms with Crippen LogP contribution in [0.5, 0.6) is 5.75 Å². The lowest BCUT2D eigenvalue weighted by Crippen LogP contribution is -2.30. The van der Waals surface area contributed by atoms with E-state index in [-0.39, 0.29) is 11.4 Å². The second-order valence-electron chi connectivity index (χ2n) is 6.89. The number of anilines is 1. The van der Waals surface area contributed by atoms with Crippen molar-refractivity contribution in [2.45, 2.75) is 26.9 Å². The zero-order chi connectivity index (χ0) is 22.7. The standard InChI is InChI=1S/C23H21ClFNO4S/c1-12-11-16(24)7-10-18(12)30-13(2)21(27)26-22-20(23(28)29-4)19(14(3)31-22)15-5-8-17(25)9-6-15/h5-11,13H,1-4H3,(H,26,27). The van der Waals surface area contributed by atoms with Crippen molar-refractivity contribution in [3.63, 3.8) is 0 Å². The van der Waals surface area contributed by atoms with Gasteiger partial charge in [0.2, 0.25) is 0 Å². The van der Waals surface area contributed by atoms with Crippen molar-refractivity contribution >= 4 is 39.8 Å². The topological polar surface area (TPSA) is 64.6 Å². The quantitative estimate of drug-likeness (QED) is 0.456. The molecule has 162 valence electrons. The summed E-state index contributed by atoms with van der Waals surface area (Å²) < 4.78 is 24.1. The molecule has 0 saturated heterocycles. The molecule has 3 rings (SSSR count). The molecule has 0 bridgehead atoms. The lowest BCUT2D eigenvalue weighted by molar-refractivity contribution is -0.122. The van der Waals surface area contributed by atoms with E-state index in [2.05, 4.69) is 5.32 Å². The third kappa shape index (κ3) is 5.06. The average molecular weight is 462 g/mol. The Balaban J connectivity index is 1.89. The Morgan fingerprint density at radius 2 is 1.81 bits per heavy atom. The first kappa shape index (κ1) is 22.8. The van der Waals surface area contributed by atoms with E-state index < -0.39 is 18.0 Å². The molecule has 0 saturated carbocycles. The molecule has 0 aliphatic heterocycles. The molecular formula is C23H21ClFNO4S. The van der Waals surface area contributed by atoms with Crippen molar-refractivity contribution in [2.75, 3.05) is 12.4 Å². The number of esters is 1. The number of halogens is 2. The van der Waals surface area contributed by atoms with E-state index in [1.807, 2.05) is 13.8 Å². The second kappa shape index (κ2) is 9.49. The number of nitrogens with one attached hydrogen (secondary N) is 1. The first-order valence-corrected chi connectivity index (χ1v) is 10.6. The molecule has 1 unspecified atom stereocenters. The van der Waals surface area contributed by atoms with Gasteiger partial charge in [0, 0.05) is 15.5 Å².